The molecule has 0 aliphatic rings. The van der Waals surface area contributed by atoms with Crippen LogP contribution in [0, 0.1) is 3.57 Å². The van der Waals surface area contributed by atoms with Crippen LogP contribution < -0.4 is 10.5 Å². The van der Waals surface area contributed by atoms with Gasteiger partial charge in [-0.3, -0.25) is 0 Å². The first-order chi connectivity index (χ1) is 8.30. The Balaban J connectivity index is 3.39. The molecule has 0 radical (unpaired) electrons. The van der Waals surface area contributed by atoms with E-state index in [1.165, 1.54) is 6.20 Å². The maximum atomic E-state index is 12.3. The first kappa shape index (κ1) is 15.0. The molecule has 0 saturated carbocycles. The maximum Gasteiger partial charge on any atom is 0.573 e. The van der Waals surface area contributed by atoms with E-state index in [0.29, 0.717) is 3.57 Å². The molecule has 5 nitrogen and oxygen atoms in total. The SMILES string of the molecule is COC(=O)c1ncc(I)c(CN)c1OC(F)(F)F. The van der Waals surface area contributed by atoms with Gasteiger partial charge in [-0.1, -0.05) is 0 Å². The van der Waals surface area contributed by atoms with Gasteiger partial charge in [0.1, 0.15) is 0 Å². The minimum absolute atomic E-state index is 0.0447. The van der Waals surface area contributed by atoms with E-state index in [9.17, 15) is 18.0 Å². The molecule has 0 unspecified atom stereocenters. The zero-order valence-electron chi connectivity index (χ0n) is 9.05. The third kappa shape index (κ3) is 3.45. The second-order valence-electron chi connectivity index (χ2n) is 3.01. The lowest BCUT2D eigenvalue weighted by molar-refractivity contribution is -0.275. The van der Waals surface area contributed by atoms with Crippen molar-refractivity contribution in [2.24, 2.45) is 5.73 Å². The molecule has 0 bridgehead atoms. The lowest BCUT2D eigenvalue weighted by atomic mass is 10.2. The summed E-state index contributed by atoms with van der Waals surface area (Å²) in [5.41, 5.74) is 4.83. The Kier molecular flexibility index (Phi) is 4.73. The lowest BCUT2D eigenvalue weighted by Crippen LogP contribution is -2.22. The van der Waals surface area contributed by atoms with Gasteiger partial charge in [0.05, 0.1) is 7.11 Å². The third-order valence-corrected chi connectivity index (χ3v) is 2.81. The molecule has 1 rings (SSSR count). The molecule has 1 heterocycles. The molecular weight excluding hydrogens is 368 g/mol. The van der Waals surface area contributed by atoms with Gasteiger partial charge in [0.2, 0.25) is 0 Å². The Bertz CT molecular complexity index is 465. The number of nitrogens with two attached hydrogens (primary N) is 1. The van der Waals surface area contributed by atoms with Crippen LogP contribution in [-0.4, -0.2) is 24.4 Å². The molecule has 2 N–H and O–H groups in total. The number of nitrogens with zero attached hydrogens (tertiary/aromatic N) is 1. The highest BCUT2D eigenvalue weighted by atomic mass is 127. The van der Waals surface area contributed by atoms with E-state index in [-0.39, 0.29) is 12.1 Å². The number of esters is 1. The van der Waals surface area contributed by atoms with Crippen LogP contribution in [-0.2, 0) is 11.3 Å². The first-order valence-corrected chi connectivity index (χ1v) is 5.59. The molecule has 0 atom stereocenters. The summed E-state index contributed by atoms with van der Waals surface area (Å²) in [4.78, 5) is 14.9. The average molecular weight is 376 g/mol. The second-order valence-corrected chi connectivity index (χ2v) is 4.17. The number of pyridine rings is 1. The molecule has 100 valence electrons. The summed E-state index contributed by atoms with van der Waals surface area (Å²) in [6, 6.07) is 0. The van der Waals surface area contributed by atoms with Gasteiger partial charge in [-0.05, 0) is 22.6 Å². The maximum absolute atomic E-state index is 12.3. The van der Waals surface area contributed by atoms with Crippen molar-refractivity contribution in [2.75, 3.05) is 7.11 Å². The van der Waals surface area contributed by atoms with E-state index in [2.05, 4.69) is 14.5 Å². The van der Waals surface area contributed by atoms with Gasteiger partial charge in [0, 0.05) is 21.9 Å². The Morgan fingerprint density at radius 3 is 2.61 bits per heavy atom. The molecule has 1 aromatic rings. The Morgan fingerprint density at radius 1 is 1.56 bits per heavy atom. The fourth-order valence-corrected chi connectivity index (χ4v) is 1.77. The van der Waals surface area contributed by atoms with Crippen molar-refractivity contribution in [3.63, 3.8) is 0 Å². The van der Waals surface area contributed by atoms with Gasteiger partial charge in [-0.15, -0.1) is 13.2 Å². The molecule has 0 aliphatic heterocycles. The van der Waals surface area contributed by atoms with Crippen molar-refractivity contribution < 1.29 is 27.4 Å². The summed E-state index contributed by atoms with van der Waals surface area (Å²) < 4.78 is 45.4. The molecule has 0 aromatic carbocycles. The van der Waals surface area contributed by atoms with Crippen molar-refractivity contribution in [2.45, 2.75) is 12.9 Å². The van der Waals surface area contributed by atoms with Crippen molar-refractivity contribution in [3.05, 3.63) is 21.0 Å². The van der Waals surface area contributed by atoms with Crippen LogP contribution in [0.25, 0.3) is 0 Å². The standard InChI is InChI=1S/C9H8F3IN2O3/c1-17-8(16)6-7(18-9(10,11)12)4(2-14)5(13)3-15-6/h3H,2,14H2,1H3. The highest BCUT2D eigenvalue weighted by molar-refractivity contribution is 14.1. The lowest BCUT2D eigenvalue weighted by Gasteiger charge is -2.15. The number of methoxy groups -OCH3 is 1. The Morgan fingerprint density at radius 2 is 2.17 bits per heavy atom. The number of hydrogen-bond donors (Lipinski definition) is 1. The number of aromatic nitrogens is 1. The molecule has 0 aliphatic carbocycles. The quantitative estimate of drug-likeness (QED) is 0.644. The van der Waals surface area contributed by atoms with E-state index >= 15 is 0 Å². The van der Waals surface area contributed by atoms with Crippen molar-refractivity contribution >= 4 is 28.6 Å². The van der Waals surface area contributed by atoms with Crippen LogP contribution in [0.15, 0.2) is 6.20 Å². The molecule has 0 saturated heterocycles. The molecule has 0 amide bonds. The number of halogens is 4. The van der Waals surface area contributed by atoms with E-state index in [0.717, 1.165) is 7.11 Å². The number of ether oxygens (including phenoxy) is 2. The molecule has 0 spiro atoms. The van der Waals surface area contributed by atoms with Crippen LogP contribution in [0.4, 0.5) is 13.2 Å². The molecule has 0 fully saturated rings. The van der Waals surface area contributed by atoms with E-state index in [1.54, 1.807) is 22.6 Å². The summed E-state index contributed by atoms with van der Waals surface area (Å²) >= 11 is 1.75. The smallest absolute Gasteiger partial charge is 0.464 e. The van der Waals surface area contributed by atoms with E-state index < -0.39 is 23.8 Å². The van der Waals surface area contributed by atoms with E-state index in [1.807, 2.05) is 0 Å². The van der Waals surface area contributed by atoms with Crippen molar-refractivity contribution in [3.8, 4) is 5.75 Å². The van der Waals surface area contributed by atoms with Gasteiger partial charge < -0.3 is 15.2 Å². The monoisotopic (exact) mass is 376 g/mol. The topological polar surface area (TPSA) is 74.4 Å². The number of alkyl halides is 3. The molecule has 1 aromatic heterocycles. The fraction of sp³-hybridized carbons (Fsp3) is 0.333. The minimum atomic E-state index is -4.95. The van der Waals surface area contributed by atoms with Crippen molar-refractivity contribution in [1.29, 1.82) is 0 Å². The predicted molar refractivity (Wildman–Crippen MR) is 62.9 cm³/mol. The summed E-state index contributed by atoms with van der Waals surface area (Å²) in [5.74, 6) is -1.75. The van der Waals surface area contributed by atoms with Gasteiger partial charge in [0.25, 0.3) is 0 Å². The Hall–Kier alpha value is -1.10. The molecular formula is C9H8F3IN2O3. The fourth-order valence-electron chi connectivity index (χ4n) is 1.17. The average Bonchev–Trinajstić information content (AvgIpc) is 2.26. The highest BCUT2D eigenvalue weighted by Crippen LogP contribution is 2.31. The first-order valence-electron chi connectivity index (χ1n) is 4.51. The molecule has 18 heavy (non-hydrogen) atoms. The van der Waals surface area contributed by atoms with Gasteiger partial charge >= 0.3 is 12.3 Å². The second kappa shape index (κ2) is 5.69. The number of hydrogen-bond acceptors (Lipinski definition) is 5. The largest absolute Gasteiger partial charge is 0.573 e. The van der Waals surface area contributed by atoms with Crippen LogP contribution in [0.2, 0.25) is 0 Å². The van der Waals surface area contributed by atoms with Crippen LogP contribution in [0.1, 0.15) is 16.1 Å². The zero-order chi connectivity index (χ0) is 13.9. The van der Waals surface area contributed by atoms with Crippen molar-refractivity contribution in [1.82, 2.24) is 4.98 Å². The summed E-state index contributed by atoms with van der Waals surface area (Å²) in [6.45, 7) is -0.226. The number of carbonyl (C=O) groups excluding carboxylic acids is 1. The highest BCUT2D eigenvalue weighted by Gasteiger charge is 2.35. The van der Waals surface area contributed by atoms with Crippen LogP contribution >= 0.6 is 22.6 Å². The summed E-state index contributed by atoms with van der Waals surface area (Å²) in [5, 5.41) is 0. The molecule has 9 heteroatoms. The van der Waals surface area contributed by atoms with Gasteiger partial charge in [-0.2, -0.15) is 0 Å². The normalized spacial score (nSPS) is 11.2. The number of rotatable bonds is 3. The van der Waals surface area contributed by atoms with Crippen LogP contribution in [0.5, 0.6) is 5.75 Å². The third-order valence-electron chi connectivity index (χ3n) is 1.89. The van der Waals surface area contributed by atoms with Gasteiger partial charge in [0.15, 0.2) is 11.4 Å². The predicted octanol–water partition coefficient (Wildman–Crippen LogP) is 1.83. The van der Waals surface area contributed by atoms with Gasteiger partial charge in [-0.25, -0.2) is 9.78 Å². The summed E-state index contributed by atoms with van der Waals surface area (Å²) in [6.07, 6.45) is -3.73. The van der Waals surface area contributed by atoms with Crippen LogP contribution in [0.3, 0.4) is 0 Å². The minimum Gasteiger partial charge on any atom is -0.464 e. The zero-order valence-corrected chi connectivity index (χ0v) is 11.2. The Labute approximate surface area is 114 Å². The van der Waals surface area contributed by atoms with E-state index in [4.69, 9.17) is 5.73 Å². The number of carbonyl (C=O) groups is 1. The summed E-state index contributed by atoms with van der Waals surface area (Å²) in [7, 11) is 1.03.